The summed E-state index contributed by atoms with van der Waals surface area (Å²) >= 11 is 3.59. The summed E-state index contributed by atoms with van der Waals surface area (Å²) in [4.78, 5) is 5.08. The van der Waals surface area contributed by atoms with E-state index in [9.17, 15) is 0 Å². The third kappa shape index (κ3) is 3.94. The van der Waals surface area contributed by atoms with Crippen LogP contribution < -0.4 is 10.2 Å². The normalized spacial score (nSPS) is 16.9. The second-order valence-corrected chi connectivity index (χ2v) is 6.05. The van der Waals surface area contributed by atoms with E-state index in [2.05, 4.69) is 56.2 Å². The van der Waals surface area contributed by atoms with Crippen molar-refractivity contribution in [3.63, 3.8) is 0 Å². The Labute approximate surface area is 125 Å². The number of halogens is 1. The van der Waals surface area contributed by atoms with Crippen molar-refractivity contribution in [3.8, 4) is 0 Å². The minimum Gasteiger partial charge on any atom is -0.369 e. The minimum absolute atomic E-state index is 0.928. The van der Waals surface area contributed by atoms with E-state index in [0.717, 1.165) is 19.6 Å². The first-order chi connectivity index (χ1) is 9.24. The van der Waals surface area contributed by atoms with Crippen LogP contribution in [0.3, 0.4) is 0 Å². The van der Waals surface area contributed by atoms with Gasteiger partial charge in [0.15, 0.2) is 0 Å². The molecule has 106 valence electrons. The molecule has 1 aliphatic rings. The zero-order chi connectivity index (χ0) is 13.7. The molecule has 0 saturated carbocycles. The first-order valence-corrected chi connectivity index (χ1v) is 7.94. The molecule has 1 N–H and O–H groups in total. The highest BCUT2D eigenvalue weighted by Gasteiger charge is 2.18. The number of hydrogen-bond acceptors (Lipinski definition) is 3. The summed E-state index contributed by atoms with van der Waals surface area (Å²) in [6.07, 6.45) is 1.25. The van der Waals surface area contributed by atoms with E-state index >= 15 is 0 Å². The van der Waals surface area contributed by atoms with Crippen molar-refractivity contribution in [1.82, 2.24) is 10.2 Å². The van der Waals surface area contributed by atoms with Crippen LogP contribution in [0.2, 0.25) is 0 Å². The van der Waals surface area contributed by atoms with Crippen LogP contribution in [-0.4, -0.2) is 44.7 Å². The second-order valence-electron chi connectivity index (χ2n) is 5.13. The SMILES string of the molecule is CCCN1CCN(c2cc(Br)ccc2CNC)CC1. The highest BCUT2D eigenvalue weighted by atomic mass is 79.9. The maximum Gasteiger partial charge on any atom is 0.0424 e. The van der Waals surface area contributed by atoms with Crippen LogP contribution >= 0.6 is 15.9 Å². The van der Waals surface area contributed by atoms with Crippen LogP contribution in [-0.2, 0) is 6.54 Å². The lowest BCUT2D eigenvalue weighted by atomic mass is 10.1. The Bertz CT molecular complexity index is 400. The number of benzene rings is 1. The first-order valence-electron chi connectivity index (χ1n) is 7.15. The molecule has 0 bridgehead atoms. The van der Waals surface area contributed by atoms with Crippen molar-refractivity contribution in [2.24, 2.45) is 0 Å². The summed E-state index contributed by atoms with van der Waals surface area (Å²) in [7, 11) is 2.00. The fourth-order valence-electron chi connectivity index (χ4n) is 2.70. The van der Waals surface area contributed by atoms with Crippen LogP contribution in [0.5, 0.6) is 0 Å². The summed E-state index contributed by atoms with van der Waals surface area (Å²) in [6.45, 7) is 9.04. The molecule has 19 heavy (non-hydrogen) atoms. The number of nitrogens with zero attached hydrogens (tertiary/aromatic N) is 2. The Balaban J connectivity index is 2.07. The zero-order valence-electron chi connectivity index (χ0n) is 12.0. The number of anilines is 1. The van der Waals surface area contributed by atoms with Crippen LogP contribution in [0.25, 0.3) is 0 Å². The van der Waals surface area contributed by atoms with E-state index in [4.69, 9.17) is 0 Å². The molecule has 1 saturated heterocycles. The van der Waals surface area contributed by atoms with Gasteiger partial charge in [-0.3, -0.25) is 4.90 Å². The fraction of sp³-hybridized carbons (Fsp3) is 0.600. The molecule has 1 aromatic carbocycles. The van der Waals surface area contributed by atoms with Gasteiger partial charge in [0.2, 0.25) is 0 Å². The van der Waals surface area contributed by atoms with Gasteiger partial charge in [0, 0.05) is 42.9 Å². The Morgan fingerprint density at radius 3 is 2.58 bits per heavy atom. The quantitative estimate of drug-likeness (QED) is 0.898. The van der Waals surface area contributed by atoms with Crippen molar-refractivity contribution >= 4 is 21.6 Å². The Morgan fingerprint density at radius 1 is 1.21 bits per heavy atom. The first kappa shape index (κ1) is 14.8. The van der Waals surface area contributed by atoms with Gasteiger partial charge in [-0.1, -0.05) is 28.9 Å². The van der Waals surface area contributed by atoms with Gasteiger partial charge in [0.1, 0.15) is 0 Å². The standard InChI is InChI=1S/C15H24BrN3/c1-3-6-18-7-9-19(10-8-18)15-11-14(16)5-4-13(15)12-17-2/h4-5,11,17H,3,6-10,12H2,1-2H3. The largest absolute Gasteiger partial charge is 0.369 e. The molecule has 1 aromatic rings. The van der Waals surface area contributed by atoms with E-state index < -0.39 is 0 Å². The lowest BCUT2D eigenvalue weighted by Crippen LogP contribution is -2.46. The van der Waals surface area contributed by atoms with E-state index in [0.29, 0.717) is 0 Å². The van der Waals surface area contributed by atoms with Crippen LogP contribution in [0.4, 0.5) is 5.69 Å². The molecule has 0 aliphatic carbocycles. The van der Waals surface area contributed by atoms with Gasteiger partial charge in [-0.25, -0.2) is 0 Å². The van der Waals surface area contributed by atoms with Gasteiger partial charge in [0.25, 0.3) is 0 Å². The third-order valence-corrected chi connectivity index (χ3v) is 4.16. The maximum atomic E-state index is 3.59. The molecule has 0 aromatic heterocycles. The van der Waals surface area contributed by atoms with Gasteiger partial charge in [0.05, 0.1) is 0 Å². The molecule has 0 spiro atoms. The molecule has 1 heterocycles. The second kappa shape index (κ2) is 7.27. The molecule has 3 nitrogen and oxygen atoms in total. The lowest BCUT2D eigenvalue weighted by molar-refractivity contribution is 0.258. The van der Waals surface area contributed by atoms with Crippen molar-refractivity contribution in [1.29, 1.82) is 0 Å². The van der Waals surface area contributed by atoms with Gasteiger partial charge in [-0.05, 0) is 37.7 Å². The van der Waals surface area contributed by atoms with Gasteiger partial charge >= 0.3 is 0 Å². The molecule has 0 amide bonds. The number of rotatable bonds is 5. The van der Waals surface area contributed by atoms with Crippen LogP contribution in [0, 0.1) is 0 Å². The molecule has 2 rings (SSSR count). The highest BCUT2D eigenvalue weighted by molar-refractivity contribution is 9.10. The van der Waals surface area contributed by atoms with Crippen LogP contribution in [0.1, 0.15) is 18.9 Å². The minimum atomic E-state index is 0.928. The molecule has 1 aliphatic heterocycles. The Morgan fingerprint density at radius 2 is 1.95 bits per heavy atom. The maximum absolute atomic E-state index is 3.59. The van der Waals surface area contributed by atoms with Gasteiger partial charge in [-0.15, -0.1) is 0 Å². The molecular weight excluding hydrogens is 302 g/mol. The number of nitrogens with one attached hydrogen (secondary N) is 1. The monoisotopic (exact) mass is 325 g/mol. The smallest absolute Gasteiger partial charge is 0.0424 e. The number of hydrogen-bond donors (Lipinski definition) is 1. The average molecular weight is 326 g/mol. The fourth-order valence-corrected chi connectivity index (χ4v) is 3.05. The molecule has 0 radical (unpaired) electrons. The predicted octanol–water partition coefficient (Wildman–Crippen LogP) is 2.70. The zero-order valence-corrected chi connectivity index (χ0v) is 13.5. The summed E-state index contributed by atoms with van der Waals surface area (Å²) in [5, 5.41) is 3.26. The third-order valence-electron chi connectivity index (χ3n) is 3.67. The van der Waals surface area contributed by atoms with E-state index in [-0.39, 0.29) is 0 Å². The van der Waals surface area contributed by atoms with Gasteiger partial charge < -0.3 is 10.2 Å². The van der Waals surface area contributed by atoms with Crippen molar-refractivity contribution in [3.05, 3.63) is 28.2 Å². The van der Waals surface area contributed by atoms with Crippen molar-refractivity contribution < 1.29 is 0 Å². The molecule has 1 fully saturated rings. The molecular formula is C15H24BrN3. The van der Waals surface area contributed by atoms with E-state index in [1.807, 2.05) is 7.05 Å². The summed E-state index contributed by atoms with van der Waals surface area (Å²) in [5.74, 6) is 0. The van der Waals surface area contributed by atoms with E-state index in [1.165, 1.54) is 41.8 Å². The molecule has 0 unspecified atom stereocenters. The topological polar surface area (TPSA) is 18.5 Å². The summed E-state index contributed by atoms with van der Waals surface area (Å²) < 4.78 is 1.17. The van der Waals surface area contributed by atoms with Crippen molar-refractivity contribution in [2.45, 2.75) is 19.9 Å². The lowest BCUT2D eigenvalue weighted by Gasteiger charge is -2.37. The van der Waals surface area contributed by atoms with E-state index in [1.54, 1.807) is 0 Å². The Hall–Kier alpha value is -0.580. The molecule has 4 heteroatoms. The average Bonchev–Trinajstić information content (AvgIpc) is 2.42. The Kier molecular flexibility index (Phi) is 5.67. The van der Waals surface area contributed by atoms with Crippen molar-refractivity contribution in [2.75, 3.05) is 44.7 Å². The summed E-state index contributed by atoms with van der Waals surface area (Å²) in [6, 6.07) is 6.60. The number of piperazine rings is 1. The van der Waals surface area contributed by atoms with Crippen LogP contribution in [0.15, 0.2) is 22.7 Å². The highest BCUT2D eigenvalue weighted by Crippen LogP contribution is 2.26. The molecule has 0 atom stereocenters. The predicted molar refractivity (Wildman–Crippen MR) is 85.8 cm³/mol. The van der Waals surface area contributed by atoms with Gasteiger partial charge in [-0.2, -0.15) is 0 Å². The summed E-state index contributed by atoms with van der Waals surface area (Å²) in [5.41, 5.74) is 2.76.